The summed E-state index contributed by atoms with van der Waals surface area (Å²) in [6, 6.07) is 4.37. The van der Waals surface area contributed by atoms with Crippen LogP contribution in [-0.4, -0.2) is 36.6 Å². The fraction of sp³-hybridized carbons (Fsp3) is 0.615. The second kappa shape index (κ2) is 7.87. The van der Waals surface area contributed by atoms with E-state index in [4.69, 9.17) is 11.6 Å². The van der Waals surface area contributed by atoms with Crippen LogP contribution in [0.5, 0.6) is 0 Å². The maximum Gasteiger partial charge on any atom is 0.128 e. The van der Waals surface area contributed by atoms with Gasteiger partial charge in [0.25, 0.3) is 0 Å². The third-order valence-corrected chi connectivity index (χ3v) is 4.04. The summed E-state index contributed by atoms with van der Waals surface area (Å²) < 4.78 is 0. The highest BCUT2D eigenvalue weighted by Crippen LogP contribution is 2.20. The van der Waals surface area contributed by atoms with Crippen LogP contribution >= 0.6 is 23.4 Å². The van der Waals surface area contributed by atoms with Crippen molar-refractivity contribution in [1.82, 2.24) is 10.3 Å². The number of aromatic nitrogens is 1. The van der Waals surface area contributed by atoms with Crippen LogP contribution in [0.2, 0.25) is 5.02 Å². The molecule has 1 aromatic rings. The number of halogens is 1. The fourth-order valence-corrected chi connectivity index (χ4v) is 2.49. The predicted molar refractivity (Wildman–Crippen MR) is 82.9 cm³/mol. The Morgan fingerprint density at radius 3 is 2.83 bits per heavy atom. The Labute approximate surface area is 119 Å². The van der Waals surface area contributed by atoms with Crippen molar-refractivity contribution in [2.24, 2.45) is 0 Å². The molecule has 5 heteroatoms. The lowest BCUT2D eigenvalue weighted by atomic mass is 10.3. The molecule has 102 valence electrons. The van der Waals surface area contributed by atoms with Gasteiger partial charge in [-0.2, -0.15) is 11.8 Å². The summed E-state index contributed by atoms with van der Waals surface area (Å²) in [7, 11) is 2.08. The smallest absolute Gasteiger partial charge is 0.128 e. The molecule has 0 aromatic carbocycles. The van der Waals surface area contributed by atoms with Gasteiger partial charge in [0.2, 0.25) is 0 Å². The monoisotopic (exact) mass is 287 g/mol. The molecule has 0 amide bonds. The molecule has 0 bridgehead atoms. The molecule has 1 rings (SSSR count). The highest BCUT2D eigenvalue weighted by atomic mass is 35.5. The van der Waals surface area contributed by atoms with E-state index < -0.39 is 0 Å². The van der Waals surface area contributed by atoms with Crippen LogP contribution in [0.4, 0.5) is 5.82 Å². The normalized spacial score (nSPS) is 12.5. The topological polar surface area (TPSA) is 28.2 Å². The molecule has 1 aromatic heterocycles. The quantitative estimate of drug-likeness (QED) is 0.834. The summed E-state index contributed by atoms with van der Waals surface area (Å²) in [5.41, 5.74) is 0.916. The first-order chi connectivity index (χ1) is 8.60. The van der Waals surface area contributed by atoms with E-state index in [1.165, 1.54) is 0 Å². The molecule has 0 saturated carbocycles. The molecular formula is C13H22ClN3S. The minimum absolute atomic E-state index is 0.459. The first-order valence-corrected chi connectivity index (χ1v) is 7.95. The van der Waals surface area contributed by atoms with Crippen LogP contribution in [0, 0.1) is 0 Å². The standard InChI is InChI=1S/C13H22ClN3S/c1-5-15-8-12-11(14)6-7-13(16-12)17(3)10(2)9-18-4/h6-7,10,15H,5,8-9H2,1-4H3. The second-order valence-corrected chi connectivity index (χ2v) is 5.61. The molecule has 0 fully saturated rings. The Balaban J connectivity index is 2.82. The molecule has 1 atom stereocenters. The van der Waals surface area contributed by atoms with E-state index >= 15 is 0 Å². The first-order valence-electron chi connectivity index (χ1n) is 6.18. The number of hydrogen-bond acceptors (Lipinski definition) is 4. The number of anilines is 1. The highest BCUT2D eigenvalue weighted by Gasteiger charge is 2.12. The fourth-order valence-electron chi connectivity index (χ4n) is 1.62. The van der Waals surface area contributed by atoms with Gasteiger partial charge in [0.15, 0.2) is 0 Å². The number of rotatable bonds is 7. The molecule has 3 nitrogen and oxygen atoms in total. The lowest BCUT2D eigenvalue weighted by Crippen LogP contribution is -2.31. The van der Waals surface area contributed by atoms with Gasteiger partial charge < -0.3 is 10.2 Å². The highest BCUT2D eigenvalue weighted by molar-refractivity contribution is 7.98. The first kappa shape index (κ1) is 15.6. The van der Waals surface area contributed by atoms with Gasteiger partial charge in [0.1, 0.15) is 5.82 Å². The van der Waals surface area contributed by atoms with E-state index in [9.17, 15) is 0 Å². The summed E-state index contributed by atoms with van der Waals surface area (Å²) in [6.07, 6.45) is 2.12. The number of nitrogens with zero attached hydrogens (tertiary/aromatic N) is 2. The van der Waals surface area contributed by atoms with Crippen LogP contribution in [0.15, 0.2) is 12.1 Å². The Hall–Kier alpha value is -0.450. The lowest BCUT2D eigenvalue weighted by Gasteiger charge is -2.26. The maximum atomic E-state index is 6.15. The molecule has 0 aliphatic rings. The average molecular weight is 288 g/mol. The van der Waals surface area contributed by atoms with E-state index in [1.54, 1.807) is 0 Å². The molecule has 1 heterocycles. The zero-order valence-corrected chi connectivity index (χ0v) is 13.1. The van der Waals surface area contributed by atoms with Crippen LogP contribution in [0.25, 0.3) is 0 Å². The minimum Gasteiger partial charge on any atom is -0.356 e. The van der Waals surface area contributed by atoms with Crippen molar-refractivity contribution in [3.05, 3.63) is 22.8 Å². The Kier molecular flexibility index (Phi) is 6.82. The molecule has 18 heavy (non-hydrogen) atoms. The molecule has 0 aliphatic heterocycles. The van der Waals surface area contributed by atoms with Gasteiger partial charge in [-0.25, -0.2) is 4.98 Å². The average Bonchev–Trinajstić information content (AvgIpc) is 2.37. The molecule has 0 aliphatic carbocycles. The molecule has 0 spiro atoms. The van der Waals surface area contributed by atoms with E-state index in [1.807, 2.05) is 23.9 Å². The van der Waals surface area contributed by atoms with Crippen molar-refractivity contribution >= 4 is 29.2 Å². The molecule has 1 N–H and O–H groups in total. The Bertz CT molecular complexity index is 373. The second-order valence-electron chi connectivity index (χ2n) is 4.29. The van der Waals surface area contributed by atoms with E-state index in [0.717, 1.165) is 28.8 Å². The van der Waals surface area contributed by atoms with Crippen molar-refractivity contribution in [2.45, 2.75) is 26.4 Å². The van der Waals surface area contributed by atoms with E-state index in [2.05, 4.69) is 42.4 Å². The van der Waals surface area contributed by atoms with Crippen molar-refractivity contribution < 1.29 is 0 Å². The number of pyridine rings is 1. The summed E-state index contributed by atoms with van der Waals surface area (Å²) in [5.74, 6) is 2.07. The summed E-state index contributed by atoms with van der Waals surface area (Å²) >= 11 is 8.00. The van der Waals surface area contributed by atoms with Gasteiger partial charge in [-0.15, -0.1) is 0 Å². The maximum absolute atomic E-state index is 6.15. The van der Waals surface area contributed by atoms with Crippen LogP contribution in [0.3, 0.4) is 0 Å². The summed E-state index contributed by atoms with van der Waals surface area (Å²) in [6.45, 7) is 5.91. The van der Waals surface area contributed by atoms with E-state index in [0.29, 0.717) is 12.6 Å². The third kappa shape index (κ3) is 4.34. The zero-order chi connectivity index (χ0) is 13.5. The summed E-state index contributed by atoms with van der Waals surface area (Å²) in [5, 5.41) is 3.98. The lowest BCUT2D eigenvalue weighted by molar-refractivity contribution is 0.702. The van der Waals surface area contributed by atoms with Crippen molar-refractivity contribution in [2.75, 3.05) is 30.5 Å². The number of thioether (sulfide) groups is 1. The van der Waals surface area contributed by atoms with Gasteiger partial charge >= 0.3 is 0 Å². The van der Waals surface area contributed by atoms with Gasteiger partial charge in [0.05, 0.1) is 10.7 Å². The number of nitrogens with one attached hydrogen (secondary N) is 1. The Morgan fingerprint density at radius 2 is 2.22 bits per heavy atom. The van der Waals surface area contributed by atoms with Crippen LogP contribution in [-0.2, 0) is 6.54 Å². The zero-order valence-electron chi connectivity index (χ0n) is 11.5. The SMILES string of the molecule is CCNCc1nc(N(C)C(C)CSC)ccc1Cl. The Morgan fingerprint density at radius 1 is 1.50 bits per heavy atom. The van der Waals surface area contributed by atoms with Crippen LogP contribution < -0.4 is 10.2 Å². The predicted octanol–water partition coefficient (Wildman–Crippen LogP) is 3.03. The molecule has 1 unspecified atom stereocenters. The molecule has 0 radical (unpaired) electrons. The van der Waals surface area contributed by atoms with Gasteiger partial charge in [-0.05, 0) is 31.9 Å². The summed E-state index contributed by atoms with van der Waals surface area (Å²) in [4.78, 5) is 6.83. The van der Waals surface area contributed by atoms with Gasteiger partial charge in [0, 0.05) is 25.4 Å². The van der Waals surface area contributed by atoms with Gasteiger partial charge in [-0.3, -0.25) is 0 Å². The van der Waals surface area contributed by atoms with Crippen LogP contribution in [0.1, 0.15) is 19.5 Å². The minimum atomic E-state index is 0.459. The third-order valence-electron chi connectivity index (χ3n) is 2.88. The van der Waals surface area contributed by atoms with Crippen molar-refractivity contribution in [3.8, 4) is 0 Å². The molecule has 0 saturated heterocycles. The number of hydrogen-bond donors (Lipinski definition) is 1. The molecular weight excluding hydrogens is 266 g/mol. The largest absolute Gasteiger partial charge is 0.356 e. The van der Waals surface area contributed by atoms with Crippen molar-refractivity contribution in [3.63, 3.8) is 0 Å². The van der Waals surface area contributed by atoms with Crippen molar-refractivity contribution in [1.29, 1.82) is 0 Å². The van der Waals surface area contributed by atoms with Gasteiger partial charge in [-0.1, -0.05) is 18.5 Å². The van der Waals surface area contributed by atoms with E-state index in [-0.39, 0.29) is 0 Å².